The van der Waals surface area contributed by atoms with E-state index in [0.29, 0.717) is 9.23 Å². The molecule has 0 spiro atoms. The Morgan fingerprint density at radius 3 is 2.38 bits per heavy atom. The molecule has 0 N–H and O–H groups in total. The molecule has 0 aliphatic carbocycles. The number of nitrogens with zero attached hydrogens (tertiary/aromatic N) is 4. The Labute approximate surface area is 160 Å². The van der Waals surface area contributed by atoms with Crippen LogP contribution < -0.4 is 4.90 Å². The molecule has 5 nitrogen and oxygen atoms in total. The van der Waals surface area contributed by atoms with Gasteiger partial charge in [-0.25, -0.2) is 9.67 Å². The summed E-state index contributed by atoms with van der Waals surface area (Å²) >= 11 is 6.73. The number of amides is 1. The first-order chi connectivity index (χ1) is 12.6. The van der Waals surface area contributed by atoms with Crippen molar-refractivity contribution in [3.05, 3.63) is 77.2 Å². The van der Waals surface area contributed by atoms with E-state index in [1.54, 1.807) is 15.9 Å². The summed E-state index contributed by atoms with van der Waals surface area (Å²) in [6, 6.07) is 15.5. The van der Waals surface area contributed by atoms with Crippen molar-refractivity contribution in [1.29, 1.82) is 0 Å². The van der Waals surface area contributed by atoms with Gasteiger partial charge >= 0.3 is 0 Å². The molecule has 2 aromatic carbocycles. The van der Waals surface area contributed by atoms with E-state index < -0.39 is 0 Å². The summed E-state index contributed by atoms with van der Waals surface area (Å²) < 4.78 is 2.23. The highest BCUT2D eigenvalue weighted by Crippen LogP contribution is 2.36. The van der Waals surface area contributed by atoms with Gasteiger partial charge in [0.1, 0.15) is 12.7 Å². The van der Waals surface area contributed by atoms with Crippen LogP contribution in [0.25, 0.3) is 11.8 Å². The fraction of sp³-hybridized carbons (Fsp3) is 0.0526. The predicted octanol–water partition coefficient (Wildman–Crippen LogP) is 3.98. The molecule has 0 atom stereocenters. The normalized spacial score (nSPS) is 15.9. The zero-order valence-corrected chi connectivity index (χ0v) is 15.5. The van der Waals surface area contributed by atoms with Crippen LogP contribution in [0.5, 0.6) is 0 Å². The molecular weight excluding hydrogens is 364 g/mol. The fourth-order valence-corrected chi connectivity index (χ4v) is 3.90. The van der Waals surface area contributed by atoms with Crippen molar-refractivity contribution in [2.75, 3.05) is 4.90 Å². The smallest absolute Gasteiger partial charge is 0.268 e. The lowest BCUT2D eigenvalue weighted by Crippen LogP contribution is -2.27. The van der Waals surface area contributed by atoms with Crippen molar-refractivity contribution in [3.63, 3.8) is 0 Å². The van der Waals surface area contributed by atoms with Crippen molar-refractivity contribution in [1.82, 2.24) is 14.8 Å². The van der Waals surface area contributed by atoms with Gasteiger partial charge in [0, 0.05) is 0 Å². The monoisotopic (exact) mass is 378 g/mol. The first-order valence-electron chi connectivity index (χ1n) is 7.91. The molecular formula is C19H14N4OS2. The maximum Gasteiger partial charge on any atom is 0.270 e. The lowest BCUT2D eigenvalue weighted by molar-refractivity contribution is -0.113. The van der Waals surface area contributed by atoms with Gasteiger partial charge in [-0.1, -0.05) is 53.8 Å². The highest BCUT2D eigenvalue weighted by molar-refractivity contribution is 8.27. The fourth-order valence-electron chi connectivity index (χ4n) is 2.60. The second-order valence-electron chi connectivity index (χ2n) is 5.78. The van der Waals surface area contributed by atoms with Crippen LogP contribution in [0.2, 0.25) is 0 Å². The SMILES string of the molecule is Cc1ccc(N2C(=O)/C(=C/c3ccc(-n4cncn4)cc3)SC2=S)cc1. The molecule has 0 radical (unpaired) electrons. The molecule has 4 rings (SSSR count). The lowest BCUT2D eigenvalue weighted by atomic mass is 10.2. The van der Waals surface area contributed by atoms with E-state index >= 15 is 0 Å². The van der Waals surface area contributed by atoms with Crippen LogP contribution in [0, 0.1) is 6.92 Å². The second kappa shape index (κ2) is 6.86. The molecule has 0 bridgehead atoms. The van der Waals surface area contributed by atoms with E-state index in [4.69, 9.17) is 12.2 Å². The minimum atomic E-state index is -0.0933. The minimum Gasteiger partial charge on any atom is -0.268 e. The highest BCUT2D eigenvalue weighted by Gasteiger charge is 2.33. The third-order valence-electron chi connectivity index (χ3n) is 3.96. The largest absolute Gasteiger partial charge is 0.270 e. The molecule has 7 heteroatoms. The van der Waals surface area contributed by atoms with E-state index in [2.05, 4.69) is 10.1 Å². The Kier molecular flexibility index (Phi) is 4.40. The summed E-state index contributed by atoms with van der Waals surface area (Å²) in [5, 5.41) is 4.10. The zero-order valence-electron chi connectivity index (χ0n) is 13.9. The van der Waals surface area contributed by atoms with E-state index in [-0.39, 0.29) is 5.91 Å². The number of hydrogen-bond donors (Lipinski definition) is 0. The highest BCUT2D eigenvalue weighted by atomic mass is 32.2. The number of carbonyl (C=O) groups is 1. The summed E-state index contributed by atoms with van der Waals surface area (Å²) in [6.45, 7) is 2.01. The minimum absolute atomic E-state index is 0.0933. The summed E-state index contributed by atoms with van der Waals surface area (Å²) in [5.41, 5.74) is 3.77. The molecule has 128 valence electrons. The van der Waals surface area contributed by atoms with Crippen molar-refractivity contribution < 1.29 is 4.79 Å². The summed E-state index contributed by atoms with van der Waals surface area (Å²) in [5.74, 6) is -0.0933. The number of anilines is 1. The van der Waals surface area contributed by atoms with Gasteiger partial charge < -0.3 is 0 Å². The quantitative estimate of drug-likeness (QED) is 0.510. The molecule has 1 aliphatic rings. The van der Waals surface area contributed by atoms with E-state index in [9.17, 15) is 4.79 Å². The molecule has 1 aliphatic heterocycles. The lowest BCUT2D eigenvalue weighted by Gasteiger charge is -2.14. The van der Waals surface area contributed by atoms with Crippen LogP contribution >= 0.6 is 24.0 Å². The van der Waals surface area contributed by atoms with Crippen LogP contribution in [-0.2, 0) is 4.79 Å². The van der Waals surface area contributed by atoms with Gasteiger partial charge in [-0.3, -0.25) is 9.69 Å². The van der Waals surface area contributed by atoms with Gasteiger partial charge in [0.2, 0.25) is 0 Å². The van der Waals surface area contributed by atoms with Gasteiger partial charge in [0.05, 0.1) is 16.3 Å². The summed E-state index contributed by atoms with van der Waals surface area (Å²) in [4.78, 5) is 18.9. The standard InChI is InChI=1S/C19H14N4OS2/c1-13-2-6-16(7-3-13)23-18(24)17(26-19(23)25)10-14-4-8-15(9-5-14)22-12-20-11-21-22/h2-12H,1H3/b17-10-. The van der Waals surface area contributed by atoms with E-state index in [1.165, 1.54) is 18.1 Å². The van der Waals surface area contributed by atoms with Gasteiger partial charge in [-0.2, -0.15) is 5.10 Å². The molecule has 0 saturated carbocycles. The first-order valence-corrected chi connectivity index (χ1v) is 9.14. The Hall–Kier alpha value is -2.77. The van der Waals surface area contributed by atoms with Crippen molar-refractivity contribution in [2.45, 2.75) is 6.92 Å². The Balaban J connectivity index is 1.59. The van der Waals surface area contributed by atoms with Crippen LogP contribution in [0.15, 0.2) is 66.1 Å². The average Bonchev–Trinajstić information content (AvgIpc) is 3.26. The second-order valence-corrected chi connectivity index (χ2v) is 7.46. The van der Waals surface area contributed by atoms with Gasteiger partial charge in [-0.15, -0.1) is 0 Å². The number of benzene rings is 2. The van der Waals surface area contributed by atoms with Crippen molar-refractivity contribution in [2.24, 2.45) is 0 Å². The van der Waals surface area contributed by atoms with Crippen LogP contribution in [0.3, 0.4) is 0 Å². The average molecular weight is 378 g/mol. The maximum absolute atomic E-state index is 12.8. The molecule has 1 fully saturated rings. The summed E-state index contributed by atoms with van der Waals surface area (Å²) in [6.07, 6.45) is 4.99. The number of hydrogen-bond acceptors (Lipinski definition) is 5. The molecule has 3 aromatic rings. The molecule has 1 aromatic heterocycles. The number of rotatable bonds is 3. The molecule has 1 saturated heterocycles. The molecule has 26 heavy (non-hydrogen) atoms. The van der Waals surface area contributed by atoms with Crippen molar-refractivity contribution in [3.8, 4) is 5.69 Å². The molecule has 0 unspecified atom stereocenters. The van der Waals surface area contributed by atoms with Gasteiger partial charge in [0.15, 0.2) is 4.32 Å². The number of carbonyl (C=O) groups excluding carboxylic acids is 1. The van der Waals surface area contributed by atoms with Crippen LogP contribution in [0.1, 0.15) is 11.1 Å². The van der Waals surface area contributed by atoms with Crippen LogP contribution in [0.4, 0.5) is 5.69 Å². The zero-order chi connectivity index (χ0) is 18.1. The number of thiocarbonyl (C=S) groups is 1. The summed E-state index contributed by atoms with van der Waals surface area (Å²) in [7, 11) is 0. The molecule has 1 amide bonds. The number of thioether (sulfide) groups is 1. The van der Waals surface area contributed by atoms with Crippen LogP contribution in [-0.4, -0.2) is 25.0 Å². The Bertz CT molecular complexity index is 993. The topological polar surface area (TPSA) is 51.0 Å². The van der Waals surface area contributed by atoms with E-state index in [0.717, 1.165) is 22.5 Å². The molecule has 2 heterocycles. The van der Waals surface area contributed by atoms with Gasteiger partial charge in [-0.05, 0) is 42.8 Å². The third kappa shape index (κ3) is 3.18. The Morgan fingerprint density at radius 1 is 1.04 bits per heavy atom. The number of aryl methyl sites for hydroxylation is 1. The number of aromatic nitrogens is 3. The first kappa shape index (κ1) is 16.7. The maximum atomic E-state index is 12.8. The van der Waals surface area contributed by atoms with Gasteiger partial charge in [0.25, 0.3) is 5.91 Å². The third-order valence-corrected chi connectivity index (χ3v) is 5.26. The Morgan fingerprint density at radius 2 is 1.73 bits per heavy atom. The van der Waals surface area contributed by atoms with Crippen molar-refractivity contribution >= 4 is 46.0 Å². The predicted molar refractivity (Wildman–Crippen MR) is 108 cm³/mol. The van der Waals surface area contributed by atoms with E-state index in [1.807, 2.05) is 61.5 Å².